The minimum Gasteiger partial charge on any atom is -0.462 e. The number of carbonyl (C=O) groups is 2. The maximum Gasteiger partial charge on any atom is 0.472 e. The number of unbranched alkanes of at least 4 members (excludes halogenated alkanes) is 4. The summed E-state index contributed by atoms with van der Waals surface area (Å²) in [7, 11) is -4.51. The second-order valence-electron chi connectivity index (χ2n) is 11.4. The lowest BCUT2D eigenvalue weighted by molar-refractivity contribution is -0.161. The Hall–Kier alpha value is -3.06. The topological polar surface area (TPSA) is 190 Å². The third kappa shape index (κ3) is 10.5. The Kier molecular flexibility index (Phi) is 12.5. The van der Waals surface area contributed by atoms with E-state index in [-0.39, 0.29) is 44.0 Å². The van der Waals surface area contributed by atoms with Gasteiger partial charge in [0.2, 0.25) is 5.95 Å². The molecule has 2 aromatic rings. The molecule has 244 valence electrons. The number of nitrogen functional groups attached to an aromatic ring is 1. The van der Waals surface area contributed by atoms with Gasteiger partial charge in [0.1, 0.15) is 6.61 Å². The lowest BCUT2D eigenvalue weighted by atomic mass is 10.1. The van der Waals surface area contributed by atoms with Crippen molar-refractivity contribution in [1.29, 1.82) is 0 Å². The van der Waals surface area contributed by atoms with Gasteiger partial charge in [0.05, 0.1) is 25.6 Å². The average Bonchev–Trinajstić information content (AvgIpc) is 3.50. The monoisotopic (exact) mass is 636 g/mol. The number of phosphoric ester groups is 1. The van der Waals surface area contributed by atoms with Gasteiger partial charge < -0.3 is 30.0 Å². The van der Waals surface area contributed by atoms with Gasteiger partial charge in [-0.15, -0.1) is 0 Å². The molecule has 0 bridgehead atoms. The number of imidazole rings is 1. The van der Waals surface area contributed by atoms with Crippen LogP contribution in [0.2, 0.25) is 0 Å². The van der Waals surface area contributed by atoms with Crippen molar-refractivity contribution in [3.05, 3.63) is 18.5 Å². The fourth-order valence-electron chi connectivity index (χ4n) is 4.84. The Bertz CT molecular complexity index is 1330. The third-order valence-electron chi connectivity index (χ3n) is 7.44. The number of aromatic nitrogens is 4. The molecule has 2 heterocycles. The molecule has 0 radical (unpaired) electrons. The lowest BCUT2D eigenvalue weighted by Crippen LogP contribution is -2.29. The number of esters is 2. The molecule has 0 aromatic carbocycles. The van der Waals surface area contributed by atoms with Crippen molar-refractivity contribution in [1.82, 2.24) is 19.5 Å². The summed E-state index contributed by atoms with van der Waals surface area (Å²) in [6, 6.07) is 0.264. The van der Waals surface area contributed by atoms with Crippen LogP contribution in [0.15, 0.2) is 18.5 Å². The zero-order valence-corrected chi connectivity index (χ0v) is 26.5. The molecule has 0 amide bonds. The van der Waals surface area contributed by atoms with Crippen LogP contribution < -0.4 is 11.1 Å². The van der Waals surface area contributed by atoms with Crippen molar-refractivity contribution >= 4 is 42.7 Å². The zero-order chi connectivity index (χ0) is 31.5. The van der Waals surface area contributed by atoms with Gasteiger partial charge >= 0.3 is 19.8 Å². The highest BCUT2D eigenvalue weighted by atomic mass is 31.2. The quantitative estimate of drug-likeness (QED) is 0.0774. The van der Waals surface area contributed by atoms with Gasteiger partial charge in [0, 0.05) is 24.8 Å². The van der Waals surface area contributed by atoms with E-state index >= 15 is 0 Å². The van der Waals surface area contributed by atoms with Crippen LogP contribution in [0.4, 0.5) is 11.8 Å². The highest BCUT2D eigenvalue weighted by Crippen LogP contribution is 2.45. The fraction of sp³-hybridized carbons (Fsp3) is 0.690. The van der Waals surface area contributed by atoms with E-state index in [2.05, 4.69) is 20.3 Å². The molecule has 4 atom stereocenters. The summed E-state index contributed by atoms with van der Waals surface area (Å²) >= 11 is 0. The zero-order valence-electron chi connectivity index (χ0n) is 25.6. The molecule has 1 fully saturated rings. The number of carbonyl (C=O) groups excluding carboxylic acids is 2. The number of nitrogens with two attached hydrogens (primary N) is 1. The van der Waals surface area contributed by atoms with E-state index in [1.54, 1.807) is 6.33 Å². The standard InChI is InChI=1S/C29H45N6O8P/c1-3-5-7-9-24(36)40-17-23(43-25(37)10-8-6-4-2)18-42-44(38,39)41-16-20-11-14-22(15-20)35-19-31-26-27(32-21-12-13-21)33-29(30)34-28(26)35/h11,14,19-23H,3-10,12-13,15-18H2,1-2H3,(H,38,39)(H3,30,32,33,34)/t20?,22?,23-/m0/s1. The van der Waals surface area contributed by atoms with Crippen molar-refractivity contribution in [2.45, 2.75) is 103 Å². The summed E-state index contributed by atoms with van der Waals surface area (Å²) in [5.74, 6) is -0.323. The Morgan fingerprint density at radius 2 is 1.80 bits per heavy atom. The number of anilines is 2. The van der Waals surface area contributed by atoms with Crippen molar-refractivity contribution in [3.8, 4) is 0 Å². The van der Waals surface area contributed by atoms with E-state index in [0.29, 0.717) is 42.3 Å². The molecule has 4 N–H and O–H groups in total. The first-order valence-electron chi connectivity index (χ1n) is 15.6. The normalized spacial score (nSPS) is 20.0. The minimum absolute atomic E-state index is 0.0765. The number of nitrogens with one attached hydrogen (secondary N) is 1. The Balaban J connectivity index is 1.27. The van der Waals surface area contributed by atoms with Gasteiger partial charge in [-0.1, -0.05) is 51.7 Å². The number of nitrogens with zero attached hydrogens (tertiary/aromatic N) is 4. The van der Waals surface area contributed by atoms with Gasteiger partial charge in [-0.25, -0.2) is 9.55 Å². The average molecular weight is 637 g/mol. The predicted octanol–water partition coefficient (Wildman–Crippen LogP) is 4.85. The number of hydrogen-bond acceptors (Lipinski definition) is 12. The number of phosphoric acid groups is 1. The summed E-state index contributed by atoms with van der Waals surface area (Å²) in [4.78, 5) is 47.9. The van der Waals surface area contributed by atoms with Gasteiger partial charge in [0.15, 0.2) is 23.1 Å². The van der Waals surface area contributed by atoms with Crippen molar-refractivity contribution in [2.75, 3.05) is 30.9 Å². The summed E-state index contributed by atoms with van der Waals surface area (Å²) in [5, 5.41) is 3.34. The molecule has 4 rings (SSSR count). The smallest absolute Gasteiger partial charge is 0.462 e. The van der Waals surface area contributed by atoms with Gasteiger partial charge in [-0.3, -0.25) is 18.6 Å². The van der Waals surface area contributed by atoms with E-state index in [0.717, 1.165) is 38.5 Å². The molecule has 2 aliphatic carbocycles. The van der Waals surface area contributed by atoms with Gasteiger partial charge in [-0.05, 0) is 32.1 Å². The highest BCUT2D eigenvalue weighted by molar-refractivity contribution is 7.47. The SMILES string of the molecule is CCCCCC(=O)OC[C@@H](COP(=O)(O)OCC1C=CC(n2cnc3c(NC4CC4)nc(N)nc32)C1)OC(=O)CCCCC. The summed E-state index contributed by atoms with van der Waals surface area (Å²) < 4.78 is 35.7. The molecule has 0 aliphatic heterocycles. The maximum atomic E-state index is 12.7. The maximum absolute atomic E-state index is 12.7. The summed E-state index contributed by atoms with van der Waals surface area (Å²) in [5.41, 5.74) is 7.21. The van der Waals surface area contributed by atoms with Gasteiger partial charge in [-0.2, -0.15) is 9.97 Å². The molecular weight excluding hydrogens is 591 g/mol. The molecule has 15 heteroatoms. The van der Waals surface area contributed by atoms with Crippen LogP contribution >= 0.6 is 7.82 Å². The van der Waals surface area contributed by atoms with Crippen LogP contribution in [0.25, 0.3) is 11.2 Å². The second-order valence-corrected chi connectivity index (χ2v) is 12.8. The van der Waals surface area contributed by atoms with Crippen molar-refractivity contribution in [2.24, 2.45) is 5.92 Å². The lowest BCUT2D eigenvalue weighted by Gasteiger charge is -2.20. The molecule has 2 aromatic heterocycles. The van der Waals surface area contributed by atoms with Crippen LogP contribution in [-0.2, 0) is 32.7 Å². The number of hydrogen-bond donors (Lipinski definition) is 3. The number of allylic oxidation sites excluding steroid dienone is 1. The number of fused-ring (bicyclic) bond motifs is 1. The molecule has 0 spiro atoms. The minimum atomic E-state index is -4.51. The first kappa shape index (κ1) is 33.8. The molecule has 2 aliphatic rings. The summed E-state index contributed by atoms with van der Waals surface area (Å²) in [6.45, 7) is 3.24. The van der Waals surface area contributed by atoms with Crippen LogP contribution in [-0.4, -0.2) is 68.3 Å². The van der Waals surface area contributed by atoms with Gasteiger partial charge in [0.25, 0.3) is 0 Å². The number of rotatable bonds is 20. The Morgan fingerprint density at radius 1 is 1.07 bits per heavy atom. The molecule has 0 saturated heterocycles. The third-order valence-corrected chi connectivity index (χ3v) is 8.39. The highest BCUT2D eigenvalue weighted by Gasteiger charge is 2.30. The van der Waals surface area contributed by atoms with E-state index in [1.165, 1.54) is 0 Å². The van der Waals surface area contributed by atoms with E-state index < -0.39 is 32.5 Å². The summed E-state index contributed by atoms with van der Waals surface area (Å²) in [6.07, 6.45) is 12.7. The largest absolute Gasteiger partial charge is 0.472 e. The van der Waals surface area contributed by atoms with E-state index in [4.69, 9.17) is 24.3 Å². The molecule has 14 nitrogen and oxygen atoms in total. The fourth-order valence-corrected chi connectivity index (χ4v) is 5.65. The first-order chi connectivity index (χ1) is 21.2. The number of ether oxygens (including phenoxy) is 2. The molecule has 1 saturated carbocycles. The molecule has 44 heavy (non-hydrogen) atoms. The van der Waals surface area contributed by atoms with Crippen molar-refractivity contribution < 1.29 is 37.6 Å². The molecular formula is C29H45N6O8P. The molecule has 3 unspecified atom stereocenters. The van der Waals surface area contributed by atoms with Crippen LogP contribution in [0.5, 0.6) is 0 Å². The Labute approximate surface area is 257 Å². The first-order valence-corrected chi connectivity index (χ1v) is 17.1. The van der Waals surface area contributed by atoms with E-state index in [9.17, 15) is 19.0 Å². The van der Waals surface area contributed by atoms with Crippen LogP contribution in [0.1, 0.15) is 90.5 Å². The van der Waals surface area contributed by atoms with E-state index in [1.807, 2.05) is 30.6 Å². The second kappa shape index (κ2) is 16.3. The Morgan fingerprint density at radius 3 is 2.50 bits per heavy atom. The van der Waals surface area contributed by atoms with Crippen molar-refractivity contribution in [3.63, 3.8) is 0 Å². The van der Waals surface area contributed by atoms with Crippen LogP contribution in [0.3, 0.4) is 0 Å². The van der Waals surface area contributed by atoms with Crippen LogP contribution in [0, 0.1) is 5.92 Å². The predicted molar refractivity (Wildman–Crippen MR) is 164 cm³/mol.